The maximum atomic E-state index is 12.5. The zero-order chi connectivity index (χ0) is 36.8. The molecule has 0 aliphatic heterocycles. The second kappa shape index (κ2) is 37.8. The monoisotopic (exact) mass is 732 g/mol. The second-order valence-electron chi connectivity index (χ2n) is 14.6. The number of nitrogens with two attached hydrogens (primary N) is 1. The Morgan fingerprint density at radius 3 is 1.18 bits per heavy atom. The molecule has 0 saturated carbocycles. The predicted molar refractivity (Wildman–Crippen MR) is 210 cm³/mol. The van der Waals surface area contributed by atoms with Gasteiger partial charge in [-0.25, -0.2) is 0 Å². The summed E-state index contributed by atoms with van der Waals surface area (Å²) < 4.78 is 28.2. The van der Waals surface area contributed by atoms with Gasteiger partial charge in [0.15, 0.2) is 6.10 Å². The lowest BCUT2D eigenvalue weighted by Gasteiger charge is -2.20. The third-order valence-corrected chi connectivity index (χ3v) is 10.9. The molecule has 0 aliphatic rings. The average molecular weight is 732 g/mol. The Hall–Kier alpha value is -0.950. The molecule has 0 aromatic heterocycles. The van der Waals surface area contributed by atoms with Gasteiger partial charge in [-0.1, -0.05) is 194 Å². The van der Waals surface area contributed by atoms with Crippen LogP contribution in [0, 0.1) is 0 Å². The first kappa shape index (κ1) is 49.0. The first-order chi connectivity index (χ1) is 24.3. The Balaban J connectivity index is 4.04. The Morgan fingerprint density at radius 2 is 0.840 bits per heavy atom. The fourth-order valence-electron chi connectivity index (χ4n) is 6.33. The molecule has 0 bridgehead atoms. The van der Waals surface area contributed by atoms with Crippen molar-refractivity contribution in [2.75, 3.05) is 25.9 Å². The van der Waals surface area contributed by atoms with Gasteiger partial charge < -0.3 is 24.6 Å². The lowest BCUT2D eigenvalue weighted by atomic mass is 10.0. The van der Waals surface area contributed by atoms with Gasteiger partial charge in [0.25, 0.3) is 0 Å². The minimum absolute atomic E-state index is 0.00562. The van der Waals surface area contributed by atoms with E-state index >= 15 is 0 Å². The van der Waals surface area contributed by atoms with Gasteiger partial charge in [-0.05, 0) is 12.8 Å². The van der Waals surface area contributed by atoms with Crippen LogP contribution in [0.4, 0.5) is 0 Å². The van der Waals surface area contributed by atoms with E-state index in [0.29, 0.717) is 6.42 Å². The number of esters is 2. The van der Waals surface area contributed by atoms with E-state index in [1.807, 2.05) is 0 Å². The third-order valence-electron chi connectivity index (χ3n) is 9.57. The van der Waals surface area contributed by atoms with Crippen molar-refractivity contribution in [3.63, 3.8) is 0 Å². The largest absolute Gasteiger partial charge is 0.462 e. The maximum Gasteiger partial charge on any atom is 0.329 e. The highest BCUT2D eigenvalue weighted by Crippen LogP contribution is 2.41. The molecule has 50 heavy (non-hydrogen) atoms. The Labute approximate surface area is 309 Å². The van der Waals surface area contributed by atoms with Crippen molar-refractivity contribution in [3.8, 4) is 0 Å². The summed E-state index contributed by atoms with van der Waals surface area (Å²) in [7, 11) is -3.89. The van der Waals surface area contributed by atoms with Gasteiger partial charge in [-0.2, -0.15) is 0 Å². The van der Waals surface area contributed by atoms with Crippen LogP contribution in [0.15, 0.2) is 0 Å². The Bertz CT molecular complexity index is 797. The number of hydrogen-bond acceptors (Lipinski definition) is 7. The molecule has 2 atom stereocenters. The molecule has 0 aliphatic carbocycles. The molecule has 0 aromatic rings. The summed E-state index contributed by atoms with van der Waals surface area (Å²) in [5.41, 5.74) is 5.41. The van der Waals surface area contributed by atoms with Gasteiger partial charge in [0.1, 0.15) is 6.61 Å². The molecule has 0 spiro atoms. The summed E-state index contributed by atoms with van der Waals surface area (Å²) in [5, 5.41) is 0. The van der Waals surface area contributed by atoms with Crippen molar-refractivity contribution in [2.45, 2.75) is 225 Å². The summed E-state index contributed by atoms with van der Waals surface area (Å²) >= 11 is 0. The molecule has 0 radical (unpaired) electrons. The standard InChI is InChI=1S/C41H82NO7P/c1-3-5-7-9-11-13-15-17-19-21-23-25-27-29-31-33-40(43)47-37-39(38-48-50(45,46)36-35-42)49-41(44)34-32-30-28-26-24-22-20-18-16-14-12-10-8-6-4-2/h39H,3-38,42H2,1-2H3,(H,45,46)/t39-/m1/s1. The highest BCUT2D eigenvalue weighted by Gasteiger charge is 2.24. The molecule has 0 aromatic carbocycles. The summed E-state index contributed by atoms with van der Waals surface area (Å²) in [6.45, 7) is 4.02. The van der Waals surface area contributed by atoms with E-state index in [9.17, 15) is 19.0 Å². The molecule has 0 heterocycles. The van der Waals surface area contributed by atoms with E-state index in [0.717, 1.165) is 38.5 Å². The van der Waals surface area contributed by atoms with E-state index in [4.69, 9.17) is 19.7 Å². The number of rotatable bonds is 40. The van der Waals surface area contributed by atoms with Crippen LogP contribution in [-0.4, -0.2) is 48.9 Å². The Kier molecular flexibility index (Phi) is 37.1. The number of hydrogen-bond donors (Lipinski definition) is 2. The molecular weight excluding hydrogens is 649 g/mol. The van der Waals surface area contributed by atoms with Crippen LogP contribution >= 0.6 is 7.60 Å². The van der Waals surface area contributed by atoms with Crippen LogP contribution in [0.3, 0.4) is 0 Å². The number of ether oxygens (including phenoxy) is 2. The van der Waals surface area contributed by atoms with E-state index in [-0.39, 0.29) is 38.3 Å². The van der Waals surface area contributed by atoms with E-state index in [1.54, 1.807) is 0 Å². The quantitative estimate of drug-likeness (QED) is 0.0362. The van der Waals surface area contributed by atoms with Crippen LogP contribution in [-0.2, 0) is 28.2 Å². The van der Waals surface area contributed by atoms with E-state index < -0.39 is 19.7 Å². The third kappa shape index (κ3) is 36.8. The molecule has 0 saturated heterocycles. The van der Waals surface area contributed by atoms with Crippen molar-refractivity contribution in [1.82, 2.24) is 0 Å². The molecule has 3 N–H and O–H groups in total. The van der Waals surface area contributed by atoms with Gasteiger partial charge in [0, 0.05) is 19.4 Å². The van der Waals surface area contributed by atoms with Crippen molar-refractivity contribution in [1.29, 1.82) is 0 Å². The van der Waals surface area contributed by atoms with Crippen molar-refractivity contribution >= 4 is 19.5 Å². The maximum absolute atomic E-state index is 12.5. The van der Waals surface area contributed by atoms with Crippen molar-refractivity contribution < 1.29 is 33.0 Å². The van der Waals surface area contributed by atoms with Gasteiger partial charge >= 0.3 is 19.5 Å². The van der Waals surface area contributed by atoms with Crippen LogP contribution in [0.25, 0.3) is 0 Å². The number of unbranched alkanes of at least 4 members (excludes halogenated alkanes) is 28. The van der Waals surface area contributed by atoms with Crippen LogP contribution in [0.5, 0.6) is 0 Å². The summed E-state index contributed by atoms with van der Waals surface area (Å²) in [6.07, 6.45) is 37.1. The lowest BCUT2D eigenvalue weighted by molar-refractivity contribution is -0.161. The molecule has 8 nitrogen and oxygen atoms in total. The van der Waals surface area contributed by atoms with Crippen LogP contribution < -0.4 is 5.73 Å². The van der Waals surface area contributed by atoms with E-state index in [1.165, 1.54) is 154 Å². The molecular formula is C41H82NO7P. The van der Waals surface area contributed by atoms with Gasteiger partial charge in [-0.3, -0.25) is 14.2 Å². The van der Waals surface area contributed by atoms with Gasteiger partial charge in [0.05, 0.1) is 12.8 Å². The molecule has 0 rings (SSSR count). The predicted octanol–water partition coefficient (Wildman–Crippen LogP) is 12.1. The van der Waals surface area contributed by atoms with Crippen molar-refractivity contribution in [2.24, 2.45) is 5.73 Å². The summed E-state index contributed by atoms with van der Waals surface area (Å²) in [6, 6.07) is 0. The molecule has 9 heteroatoms. The van der Waals surface area contributed by atoms with Gasteiger partial charge in [0.2, 0.25) is 0 Å². The fraction of sp³-hybridized carbons (Fsp3) is 0.951. The Morgan fingerprint density at radius 1 is 0.520 bits per heavy atom. The van der Waals surface area contributed by atoms with Crippen LogP contribution in [0.2, 0.25) is 0 Å². The molecule has 298 valence electrons. The first-order valence-electron chi connectivity index (χ1n) is 21.4. The fourth-order valence-corrected chi connectivity index (χ4v) is 7.18. The highest BCUT2D eigenvalue weighted by molar-refractivity contribution is 7.52. The zero-order valence-electron chi connectivity index (χ0n) is 33.0. The minimum atomic E-state index is -3.89. The zero-order valence-corrected chi connectivity index (χ0v) is 33.8. The van der Waals surface area contributed by atoms with Gasteiger partial charge in [-0.15, -0.1) is 0 Å². The minimum Gasteiger partial charge on any atom is -0.462 e. The average Bonchev–Trinajstić information content (AvgIpc) is 3.09. The van der Waals surface area contributed by atoms with E-state index in [2.05, 4.69) is 13.8 Å². The van der Waals surface area contributed by atoms with Crippen molar-refractivity contribution in [3.05, 3.63) is 0 Å². The first-order valence-corrected chi connectivity index (χ1v) is 23.1. The highest BCUT2D eigenvalue weighted by atomic mass is 31.2. The topological polar surface area (TPSA) is 125 Å². The SMILES string of the molecule is CCCCCCCCCCCCCCCCCC(=O)OC[C@H](COP(=O)(O)CCN)OC(=O)CCCCCCCCCCCCCCCCC. The smallest absolute Gasteiger partial charge is 0.329 e. The second-order valence-corrected chi connectivity index (χ2v) is 16.6. The van der Waals surface area contributed by atoms with Crippen LogP contribution in [0.1, 0.15) is 219 Å². The summed E-state index contributed by atoms with van der Waals surface area (Å²) in [5.74, 6) is -0.754. The molecule has 0 amide bonds. The number of carbonyl (C=O) groups is 2. The number of carbonyl (C=O) groups excluding carboxylic acids is 2. The molecule has 0 fully saturated rings. The lowest BCUT2D eigenvalue weighted by Crippen LogP contribution is -2.29. The normalized spacial score (nSPS) is 13.3. The molecule has 1 unspecified atom stereocenters. The summed E-state index contributed by atoms with van der Waals surface area (Å²) in [4.78, 5) is 34.9.